The van der Waals surface area contributed by atoms with Crippen molar-refractivity contribution in [3.8, 4) is 0 Å². The van der Waals surface area contributed by atoms with E-state index in [4.69, 9.17) is 4.52 Å². The maximum absolute atomic E-state index is 12.6. The van der Waals surface area contributed by atoms with Gasteiger partial charge in [0.15, 0.2) is 5.96 Å². The van der Waals surface area contributed by atoms with Crippen molar-refractivity contribution in [2.75, 3.05) is 13.6 Å². The van der Waals surface area contributed by atoms with Crippen LogP contribution in [0.5, 0.6) is 0 Å². The van der Waals surface area contributed by atoms with Crippen LogP contribution < -0.4 is 10.6 Å². The van der Waals surface area contributed by atoms with E-state index in [1.165, 1.54) is 12.1 Å². The summed E-state index contributed by atoms with van der Waals surface area (Å²) < 4.78 is 42.9. The molecule has 0 aliphatic carbocycles. The third-order valence-corrected chi connectivity index (χ3v) is 4.12. The van der Waals surface area contributed by atoms with Crippen molar-refractivity contribution in [1.29, 1.82) is 0 Å². The predicted octanol–water partition coefficient (Wildman–Crippen LogP) is 3.78. The Morgan fingerprint density at radius 3 is 2.35 bits per heavy atom. The molecule has 0 aliphatic rings. The van der Waals surface area contributed by atoms with E-state index in [1.54, 1.807) is 7.05 Å². The summed E-state index contributed by atoms with van der Waals surface area (Å²) in [6.07, 6.45) is -4.32. The number of guanidine groups is 1. The molecule has 0 bridgehead atoms. The average Bonchev–Trinajstić information content (AvgIpc) is 2.93. The molecule has 1 aromatic carbocycles. The van der Waals surface area contributed by atoms with Crippen LogP contribution >= 0.6 is 0 Å². The zero-order chi connectivity index (χ0) is 19.3. The second-order valence-electron chi connectivity index (χ2n) is 6.14. The van der Waals surface area contributed by atoms with Crippen LogP contribution in [0, 0.1) is 13.8 Å². The zero-order valence-electron chi connectivity index (χ0n) is 15.2. The molecule has 1 unspecified atom stereocenters. The van der Waals surface area contributed by atoms with Crippen LogP contribution in [0.2, 0.25) is 0 Å². The number of hydrogen-bond donors (Lipinski definition) is 2. The molecule has 142 valence electrons. The molecule has 2 N–H and O–H groups in total. The standard InChI is InChI=1S/C18H23F3N4O/c1-11(16-12(2)25-26-13(16)3)9-23-17(22-4)24-10-14-5-7-15(8-6-14)18(19,20)21/h5-8,11H,9-10H2,1-4H3,(H2,22,23,24). The van der Waals surface area contributed by atoms with Gasteiger partial charge in [0.05, 0.1) is 11.3 Å². The molecule has 1 aromatic heterocycles. The van der Waals surface area contributed by atoms with E-state index in [-0.39, 0.29) is 5.92 Å². The Labute approximate surface area is 150 Å². The Kier molecular flexibility index (Phi) is 6.28. The minimum absolute atomic E-state index is 0.172. The third-order valence-electron chi connectivity index (χ3n) is 4.12. The van der Waals surface area contributed by atoms with Crippen LogP contribution in [-0.4, -0.2) is 24.7 Å². The summed E-state index contributed by atoms with van der Waals surface area (Å²) in [6.45, 7) is 6.83. The van der Waals surface area contributed by atoms with E-state index in [0.29, 0.717) is 19.0 Å². The van der Waals surface area contributed by atoms with E-state index in [0.717, 1.165) is 34.7 Å². The smallest absolute Gasteiger partial charge is 0.361 e. The van der Waals surface area contributed by atoms with Gasteiger partial charge in [-0.05, 0) is 31.5 Å². The number of aryl methyl sites for hydroxylation is 2. The number of nitrogens with one attached hydrogen (secondary N) is 2. The average molecular weight is 368 g/mol. The van der Waals surface area contributed by atoms with Crippen molar-refractivity contribution >= 4 is 5.96 Å². The molecular formula is C18H23F3N4O. The lowest BCUT2D eigenvalue weighted by molar-refractivity contribution is -0.137. The van der Waals surface area contributed by atoms with Gasteiger partial charge in [-0.25, -0.2) is 0 Å². The monoisotopic (exact) mass is 368 g/mol. The van der Waals surface area contributed by atoms with Crippen LogP contribution in [0.25, 0.3) is 0 Å². The Balaban J connectivity index is 1.88. The van der Waals surface area contributed by atoms with E-state index < -0.39 is 11.7 Å². The maximum atomic E-state index is 12.6. The van der Waals surface area contributed by atoms with Gasteiger partial charge in [0.2, 0.25) is 0 Å². The summed E-state index contributed by atoms with van der Waals surface area (Å²) >= 11 is 0. The topological polar surface area (TPSA) is 62.5 Å². The Hall–Kier alpha value is -2.51. The summed E-state index contributed by atoms with van der Waals surface area (Å²) in [7, 11) is 1.64. The molecule has 2 rings (SSSR count). The van der Waals surface area contributed by atoms with Gasteiger partial charge in [0.25, 0.3) is 0 Å². The van der Waals surface area contributed by atoms with Crippen LogP contribution in [0.4, 0.5) is 13.2 Å². The third kappa shape index (κ3) is 5.00. The lowest BCUT2D eigenvalue weighted by Gasteiger charge is -2.16. The first kappa shape index (κ1) is 19.8. The highest BCUT2D eigenvalue weighted by molar-refractivity contribution is 5.79. The largest absolute Gasteiger partial charge is 0.416 e. The molecule has 0 saturated heterocycles. The quantitative estimate of drug-likeness (QED) is 0.623. The highest BCUT2D eigenvalue weighted by Gasteiger charge is 2.29. The summed E-state index contributed by atoms with van der Waals surface area (Å²) in [5.41, 5.74) is 2.01. The van der Waals surface area contributed by atoms with Gasteiger partial charge in [0, 0.05) is 31.6 Å². The van der Waals surface area contributed by atoms with Crippen molar-refractivity contribution in [3.63, 3.8) is 0 Å². The Bertz CT molecular complexity index is 731. The Morgan fingerprint density at radius 2 is 1.85 bits per heavy atom. The van der Waals surface area contributed by atoms with Crippen LogP contribution in [0.15, 0.2) is 33.8 Å². The van der Waals surface area contributed by atoms with Gasteiger partial charge < -0.3 is 15.2 Å². The molecule has 26 heavy (non-hydrogen) atoms. The van der Waals surface area contributed by atoms with Gasteiger partial charge in [-0.2, -0.15) is 13.2 Å². The highest BCUT2D eigenvalue weighted by atomic mass is 19.4. The van der Waals surface area contributed by atoms with Crippen molar-refractivity contribution in [2.24, 2.45) is 4.99 Å². The van der Waals surface area contributed by atoms with Gasteiger partial charge in [-0.3, -0.25) is 4.99 Å². The lowest BCUT2D eigenvalue weighted by Crippen LogP contribution is -2.38. The van der Waals surface area contributed by atoms with Crippen molar-refractivity contribution < 1.29 is 17.7 Å². The fourth-order valence-corrected chi connectivity index (χ4v) is 2.76. The Morgan fingerprint density at radius 1 is 1.19 bits per heavy atom. The van der Waals surface area contributed by atoms with Gasteiger partial charge in [0.1, 0.15) is 5.76 Å². The SMILES string of the molecule is CN=C(NCc1ccc(C(F)(F)F)cc1)NCC(C)c1c(C)noc1C. The van der Waals surface area contributed by atoms with Crippen molar-refractivity contribution in [2.45, 2.75) is 39.4 Å². The van der Waals surface area contributed by atoms with Crippen molar-refractivity contribution in [1.82, 2.24) is 15.8 Å². The molecule has 0 saturated carbocycles. The number of benzene rings is 1. The molecular weight excluding hydrogens is 345 g/mol. The fraction of sp³-hybridized carbons (Fsp3) is 0.444. The summed E-state index contributed by atoms with van der Waals surface area (Å²) in [5.74, 6) is 1.54. The van der Waals surface area contributed by atoms with Gasteiger partial charge in [-0.1, -0.05) is 24.2 Å². The van der Waals surface area contributed by atoms with Crippen LogP contribution in [0.3, 0.4) is 0 Å². The van der Waals surface area contributed by atoms with E-state index in [2.05, 4.69) is 27.7 Å². The summed E-state index contributed by atoms with van der Waals surface area (Å²) in [5, 5.41) is 10.3. The molecule has 0 fully saturated rings. The van der Waals surface area contributed by atoms with Gasteiger partial charge in [-0.15, -0.1) is 0 Å². The number of halogens is 3. The van der Waals surface area contributed by atoms with E-state index in [1.807, 2.05) is 13.8 Å². The first-order valence-electron chi connectivity index (χ1n) is 8.25. The first-order chi connectivity index (χ1) is 12.2. The number of aromatic nitrogens is 1. The maximum Gasteiger partial charge on any atom is 0.416 e. The molecule has 0 amide bonds. The minimum Gasteiger partial charge on any atom is -0.361 e. The summed E-state index contributed by atoms with van der Waals surface area (Å²) in [6, 6.07) is 5.06. The van der Waals surface area contributed by atoms with Crippen LogP contribution in [0.1, 0.15) is 41.0 Å². The van der Waals surface area contributed by atoms with Crippen LogP contribution in [-0.2, 0) is 12.7 Å². The number of rotatable bonds is 5. The molecule has 1 atom stereocenters. The highest BCUT2D eigenvalue weighted by Crippen LogP contribution is 2.29. The number of aliphatic imine (C=N–C) groups is 1. The molecule has 0 aliphatic heterocycles. The normalized spacial score (nSPS) is 13.6. The second kappa shape index (κ2) is 8.25. The zero-order valence-corrected chi connectivity index (χ0v) is 15.2. The predicted molar refractivity (Wildman–Crippen MR) is 94.0 cm³/mol. The molecule has 1 heterocycles. The second-order valence-corrected chi connectivity index (χ2v) is 6.14. The first-order valence-corrected chi connectivity index (χ1v) is 8.25. The molecule has 2 aromatic rings. The fourth-order valence-electron chi connectivity index (χ4n) is 2.76. The lowest BCUT2D eigenvalue weighted by atomic mass is 10.00. The molecule has 5 nitrogen and oxygen atoms in total. The van der Waals surface area contributed by atoms with E-state index >= 15 is 0 Å². The van der Waals surface area contributed by atoms with Crippen molar-refractivity contribution in [3.05, 3.63) is 52.4 Å². The molecule has 0 spiro atoms. The van der Waals surface area contributed by atoms with Gasteiger partial charge >= 0.3 is 6.18 Å². The minimum atomic E-state index is -4.32. The molecule has 0 radical (unpaired) electrons. The molecule has 8 heteroatoms. The van der Waals surface area contributed by atoms with E-state index in [9.17, 15) is 13.2 Å². The number of hydrogen-bond acceptors (Lipinski definition) is 3. The number of nitrogens with zero attached hydrogens (tertiary/aromatic N) is 2. The number of alkyl halides is 3. The summed E-state index contributed by atoms with van der Waals surface area (Å²) in [4.78, 5) is 4.13.